The molecule has 0 aliphatic heterocycles. The Hall–Kier alpha value is -1.97. The van der Waals surface area contributed by atoms with Gasteiger partial charge in [0.2, 0.25) is 0 Å². The van der Waals surface area contributed by atoms with Crippen molar-refractivity contribution in [3.63, 3.8) is 0 Å². The number of nitrogens with zero attached hydrogens (tertiary/aromatic N) is 2. The molecule has 1 aromatic heterocycles. The Balaban J connectivity index is 1.83. The maximum atomic E-state index is 5.65. The molecule has 0 saturated heterocycles. The van der Waals surface area contributed by atoms with Crippen molar-refractivity contribution in [1.29, 1.82) is 0 Å². The van der Waals surface area contributed by atoms with E-state index in [-0.39, 0.29) is 0 Å². The predicted octanol–water partition coefficient (Wildman–Crippen LogP) is 2.67. The fourth-order valence-electron chi connectivity index (χ4n) is 1.71. The van der Waals surface area contributed by atoms with Gasteiger partial charge in [0.15, 0.2) is 0 Å². The highest BCUT2D eigenvalue weighted by molar-refractivity contribution is 5.30. The molecule has 2 N–H and O–H groups in total. The average Bonchev–Trinajstić information content (AvgIpc) is 2.76. The minimum Gasteiger partial charge on any atom is -0.492 e. The molecule has 1 aromatic carbocycles. The molecule has 0 aliphatic carbocycles. The number of nitrogen functional groups attached to an aromatic ring is 1. The molecule has 4 heteroatoms. The van der Waals surface area contributed by atoms with Crippen LogP contribution in [0.3, 0.4) is 0 Å². The summed E-state index contributed by atoms with van der Waals surface area (Å²) in [4.78, 5) is 0. The second kappa shape index (κ2) is 5.58. The highest BCUT2D eigenvalue weighted by atomic mass is 16.5. The van der Waals surface area contributed by atoms with Gasteiger partial charge < -0.3 is 10.5 Å². The van der Waals surface area contributed by atoms with Crippen molar-refractivity contribution < 1.29 is 4.74 Å². The third kappa shape index (κ3) is 3.26. The number of anilines is 1. The van der Waals surface area contributed by atoms with Crippen LogP contribution in [0.4, 0.5) is 5.69 Å². The Morgan fingerprint density at radius 3 is 2.56 bits per heavy atom. The molecule has 0 unspecified atom stereocenters. The molecule has 0 atom stereocenters. The average molecular weight is 245 g/mol. The normalized spacial score (nSPS) is 10.8. The lowest BCUT2D eigenvalue weighted by Gasteiger charge is -2.09. The van der Waals surface area contributed by atoms with E-state index in [2.05, 4.69) is 31.1 Å². The van der Waals surface area contributed by atoms with E-state index in [9.17, 15) is 0 Å². The molecule has 0 saturated carbocycles. The first kappa shape index (κ1) is 12.5. The van der Waals surface area contributed by atoms with E-state index in [1.165, 1.54) is 5.56 Å². The largest absolute Gasteiger partial charge is 0.492 e. The van der Waals surface area contributed by atoms with Crippen LogP contribution in [0.5, 0.6) is 5.75 Å². The van der Waals surface area contributed by atoms with Gasteiger partial charge in [0.05, 0.1) is 18.4 Å². The van der Waals surface area contributed by atoms with Gasteiger partial charge in [-0.25, -0.2) is 0 Å². The van der Waals surface area contributed by atoms with Gasteiger partial charge in [0, 0.05) is 6.20 Å². The van der Waals surface area contributed by atoms with Crippen LogP contribution in [0.2, 0.25) is 0 Å². The Morgan fingerprint density at radius 2 is 2.00 bits per heavy atom. The zero-order chi connectivity index (χ0) is 13.0. The first-order chi connectivity index (χ1) is 8.65. The number of rotatable bonds is 5. The van der Waals surface area contributed by atoms with Crippen LogP contribution < -0.4 is 10.5 Å². The summed E-state index contributed by atoms with van der Waals surface area (Å²) in [7, 11) is 0. The van der Waals surface area contributed by atoms with E-state index in [0.29, 0.717) is 24.8 Å². The summed E-state index contributed by atoms with van der Waals surface area (Å²) in [5.41, 5.74) is 7.58. The lowest BCUT2D eigenvalue weighted by Crippen LogP contribution is -2.08. The molecular weight excluding hydrogens is 226 g/mol. The molecule has 2 aromatic rings. The maximum absolute atomic E-state index is 5.65. The van der Waals surface area contributed by atoms with Crippen LogP contribution in [0.1, 0.15) is 25.3 Å². The van der Waals surface area contributed by atoms with Gasteiger partial charge in [0.1, 0.15) is 12.4 Å². The minimum atomic E-state index is 0.547. The Morgan fingerprint density at radius 1 is 1.28 bits per heavy atom. The van der Waals surface area contributed by atoms with Crippen LogP contribution in [0.15, 0.2) is 36.7 Å². The topological polar surface area (TPSA) is 53.1 Å². The fourth-order valence-corrected chi connectivity index (χ4v) is 1.71. The number of nitrogens with two attached hydrogens (primary N) is 1. The zero-order valence-electron chi connectivity index (χ0n) is 10.8. The molecule has 1 heterocycles. The van der Waals surface area contributed by atoms with Crippen molar-refractivity contribution in [3.8, 4) is 5.75 Å². The van der Waals surface area contributed by atoms with E-state index < -0.39 is 0 Å². The molecule has 0 aliphatic rings. The van der Waals surface area contributed by atoms with E-state index >= 15 is 0 Å². The van der Waals surface area contributed by atoms with Gasteiger partial charge in [-0.15, -0.1) is 0 Å². The van der Waals surface area contributed by atoms with Crippen molar-refractivity contribution in [3.05, 3.63) is 42.2 Å². The molecule has 0 bridgehead atoms. The Kier molecular flexibility index (Phi) is 3.87. The predicted molar refractivity (Wildman–Crippen MR) is 72.7 cm³/mol. The van der Waals surface area contributed by atoms with E-state index in [1.807, 2.05) is 12.1 Å². The summed E-state index contributed by atoms with van der Waals surface area (Å²) in [6, 6.07) is 8.22. The molecule has 0 radical (unpaired) electrons. The Labute approximate surface area is 107 Å². The van der Waals surface area contributed by atoms with Crippen LogP contribution in [0, 0.1) is 0 Å². The fraction of sp³-hybridized carbons (Fsp3) is 0.357. The van der Waals surface area contributed by atoms with Crippen LogP contribution in [0.25, 0.3) is 0 Å². The number of aromatic nitrogens is 2. The van der Waals surface area contributed by atoms with Crippen molar-refractivity contribution in [1.82, 2.24) is 9.78 Å². The molecule has 2 rings (SSSR count). The van der Waals surface area contributed by atoms with Gasteiger partial charge in [-0.05, 0) is 23.6 Å². The third-order valence-electron chi connectivity index (χ3n) is 2.79. The SMILES string of the molecule is CC(C)c1ccc(OCCn2cc(N)cn2)cc1. The van der Waals surface area contributed by atoms with Gasteiger partial charge in [-0.3, -0.25) is 4.68 Å². The summed E-state index contributed by atoms with van der Waals surface area (Å²) in [5.74, 6) is 1.44. The molecule has 0 fully saturated rings. The van der Waals surface area contributed by atoms with Crippen molar-refractivity contribution in [2.75, 3.05) is 12.3 Å². The molecule has 0 spiro atoms. The molecule has 18 heavy (non-hydrogen) atoms. The summed E-state index contributed by atoms with van der Waals surface area (Å²) in [5, 5.41) is 4.10. The summed E-state index contributed by atoms with van der Waals surface area (Å²) in [6.07, 6.45) is 3.43. The van der Waals surface area contributed by atoms with Gasteiger partial charge >= 0.3 is 0 Å². The number of benzene rings is 1. The summed E-state index contributed by atoms with van der Waals surface area (Å²) >= 11 is 0. The monoisotopic (exact) mass is 245 g/mol. The number of ether oxygens (including phenoxy) is 1. The van der Waals surface area contributed by atoms with Gasteiger partial charge in [-0.1, -0.05) is 26.0 Å². The lowest BCUT2D eigenvalue weighted by molar-refractivity contribution is 0.291. The van der Waals surface area contributed by atoms with Crippen LogP contribution in [-0.4, -0.2) is 16.4 Å². The van der Waals surface area contributed by atoms with Crippen LogP contribution >= 0.6 is 0 Å². The quantitative estimate of drug-likeness (QED) is 0.881. The summed E-state index contributed by atoms with van der Waals surface area (Å²) in [6.45, 7) is 5.64. The van der Waals surface area contributed by atoms with Crippen molar-refractivity contribution >= 4 is 5.69 Å². The molecular formula is C14H19N3O. The second-order valence-electron chi connectivity index (χ2n) is 4.61. The third-order valence-corrected chi connectivity index (χ3v) is 2.79. The Bertz CT molecular complexity index is 488. The van der Waals surface area contributed by atoms with E-state index in [0.717, 1.165) is 5.75 Å². The second-order valence-corrected chi connectivity index (χ2v) is 4.61. The van der Waals surface area contributed by atoms with E-state index in [4.69, 9.17) is 10.5 Å². The van der Waals surface area contributed by atoms with E-state index in [1.54, 1.807) is 17.1 Å². The van der Waals surface area contributed by atoms with Crippen LogP contribution in [-0.2, 0) is 6.54 Å². The molecule has 96 valence electrons. The van der Waals surface area contributed by atoms with Gasteiger partial charge in [-0.2, -0.15) is 5.10 Å². The first-order valence-electron chi connectivity index (χ1n) is 6.16. The number of hydrogen-bond acceptors (Lipinski definition) is 3. The van der Waals surface area contributed by atoms with Crippen molar-refractivity contribution in [2.45, 2.75) is 26.3 Å². The highest BCUT2D eigenvalue weighted by Crippen LogP contribution is 2.18. The van der Waals surface area contributed by atoms with Crippen molar-refractivity contribution in [2.24, 2.45) is 0 Å². The standard InChI is InChI=1S/C14H19N3O/c1-11(2)12-3-5-14(6-4-12)18-8-7-17-10-13(15)9-16-17/h3-6,9-11H,7-8,15H2,1-2H3. The minimum absolute atomic E-state index is 0.547. The molecule has 4 nitrogen and oxygen atoms in total. The smallest absolute Gasteiger partial charge is 0.119 e. The lowest BCUT2D eigenvalue weighted by atomic mass is 10.0. The number of hydrogen-bond donors (Lipinski definition) is 1. The first-order valence-corrected chi connectivity index (χ1v) is 6.16. The van der Waals surface area contributed by atoms with Gasteiger partial charge in [0.25, 0.3) is 0 Å². The maximum Gasteiger partial charge on any atom is 0.119 e. The summed E-state index contributed by atoms with van der Waals surface area (Å²) < 4.78 is 7.43. The highest BCUT2D eigenvalue weighted by Gasteiger charge is 2.00. The zero-order valence-corrected chi connectivity index (χ0v) is 10.8. The molecule has 0 amide bonds.